The van der Waals surface area contributed by atoms with Gasteiger partial charge in [-0.05, 0) is 51.3 Å². The summed E-state index contributed by atoms with van der Waals surface area (Å²) in [5.74, 6) is -0.223. The van der Waals surface area contributed by atoms with Crippen molar-refractivity contribution in [2.45, 2.75) is 6.42 Å². The Labute approximate surface area is 155 Å². The van der Waals surface area contributed by atoms with Crippen LogP contribution in [0.15, 0.2) is 24.3 Å². The maximum Gasteiger partial charge on any atom is 0.251 e. The van der Waals surface area contributed by atoms with Crippen molar-refractivity contribution in [2.24, 2.45) is 0 Å². The van der Waals surface area contributed by atoms with Crippen LogP contribution in [-0.4, -0.2) is 88.2 Å². The molecule has 1 aliphatic heterocycles. The number of nitrogens with one attached hydrogen (secondary N) is 2. The predicted molar refractivity (Wildman–Crippen MR) is 102 cm³/mol. The first-order chi connectivity index (χ1) is 12.6. The number of morpholine rings is 1. The molecule has 1 aromatic rings. The van der Waals surface area contributed by atoms with Gasteiger partial charge in [0, 0.05) is 43.9 Å². The van der Waals surface area contributed by atoms with Crippen LogP contribution in [0.3, 0.4) is 0 Å². The first kappa shape index (κ1) is 20.4. The SMILES string of the molecule is CN(C)CCCNC(=O)c1ccc(C(=O)NCCN2CCOCC2)cc1. The van der Waals surface area contributed by atoms with Crippen molar-refractivity contribution < 1.29 is 14.3 Å². The third-order valence-corrected chi connectivity index (χ3v) is 4.29. The van der Waals surface area contributed by atoms with Crippen LogP contribution >= 0.6 is 0 Å². The lowest BCUT2D eigenvalue weighted by atomic mass is 10.1. The molecule has 0 unspecified atom stereocenters. The van der Waals surface area contributed by atoms with Crippen molar-refractivity contribution in [1.82, 2.24) is 20.4 Å². The summed E-state index contributed by atoms with van der Waals surface area (Å²) in [5.41, 5.74) is 1.14. The summed E-state index contributed by atoms with van der Waals surface area (Å²) in [6.07, 6.45) is 0.905. The second kappa shape index (κ2) is 10.9. The van der Waals surface area contributed by atoms with E-state index in [9.17, 15) is 9.59 Å². The predicted octanol–water partition coefficient (Wildman–Crippen LogP) is 0.430. The molecule has 0 aromatic heterocycles. The minimum atomic E-state index is -0.115. The number of carbonyl (C=O) groups excluding carboxylic acids is 2. The van der Waals surface area contributed by atoms with E-state index in [1.807, 2.05) is 14.1 Å². The van der Waals surface area contributed by atoms with E-state index in [-0.39, 0.29) is 11.8 Å². The quantitative estimate of drug-likeness (QED) is 0.623. The number of amides is 2. The molecule has 144 valence electrons. The van der Waals surface area contributed by atoms with Crippen molar-refractivity contribution in [2.75, 3.05) is 66.6 Å². The number of ether oxygens (including phenoxy) is 1. The Bertz CT molecular complexity index is 569. The molecule has 0 saturated carbocycles. The summed E-state index contributed by atoms with van der Waals surface area (Å²) in [4.78, 5) is 28.6. The zero-order valence-corrected chi connectivity index (χ0v) is 15.8. The van der Waals surface area contributed by atoms with Crippen molar-refractivity contribution in [3.8, 4) is 0 Å². The lowest BCUT2D eigenvalue weighted by Crippen LogP contribution is -2.41. The summed E-state index contributed by atoms with van der Waals surface area (Å²) in [6.45, 7) is 6.34. The molecule has 2 rings (SSSR count). The van der Waals surface area contributed by atoms with Crippen molar-refractivity contribution in [1.29, 1.82) is 0 Å². The zero-order valence-electron chi connectivity index (χ0n) is 15.8. The molecule has 0 aliphatic carbocycles. The van der Waals surface area contributed by atoms with Crippen LogP contribution < -0.4 is 10.6 Å². The van der Waals surface area contributed by atoms with Gasteiger partial charge in [-0.3, -0.25) is 14.5 Å². The molecule has 0 atom stereocenters. The minimum absolute atomic E-state index is 0.108. The smallest absolute Gasteiger partial charge is 0.251 e. The summed E-state index contributed by atoms with van der Waals surface area (Å²) >= 11 is 0. The fourth-order valence-corrected chi connectivity index (χ4v) is 2.73. The second-order valence-corrected chi connectivity index (χ2v) is 6.70. The third kappa shape index (κ3) is 7.11. The van der Waals surface area contributed by atoms with Crippen LogP contribution in [0.1, 0.15) is 27.1 Å². The highest BCUT2D eigenvalue weighted by molar-refractivity contribution is 5.97. The summed E-state index contributed by atoms with van der Waals surface area (Å²) in [6, 6.07) is 6.77. The fourth-order valence-electron chi connectivity index (χ4n) is 2.73. The lowest BCUT2D eigenvalue weighted by Gasteiger charge is -2.26. The average Bonchev–Trinajstić information content (AvgIpc) is 2.66. The molecule has 1 saturated heterocycles. The van der Waals surface area contributed by atoms with E-state index in [1.54, 1.807) is 24.3 Å². The molecule has 0 radical (unpaired) electrons. The van der Waals surface area contributed by atoms with Crippen LogP contribution in [0.5, 0.6) is 0 Å². The molecule has 0 bridgehead atoms. The standard InChI is InChI=1S/C19H30N4O3/c1-22(2)10-3-8-20-18(24)16-4-6-17(7-5-16)19(25)21-9-11-23-12-14-26-15-13-23/h4-7H,3,8-15H2,1-2H3,(H,20,24)(H,21,25). The van der Waals surface area contributed by atoms with Crippen molar-refractivity contribution in [3.05, 3.63) is 35.4 Å². The van der Waals surface area contributed by atoms with Gasteiger partial charge in [-0.2, -0.15) is 0 Å². The number of hydrogen-bond donors (Lipinski definition) is 2. The van der Waals surface area contributed by atoms with Crippen LogP contribution in [0, 0.1) is 0 Å². The largest absolute Gasteiger partial charge is 0.379 e. The molecule has 26 heavy (non-hydrogen) atoms. The Hall–Kier alpha value is -1.96. The van der Waals surface area contributed by atoms with Crippen LogP contribution in [0.4, 0.5) is 0 Å². The highest BCUT2D eigenvalue weighted by Crippen LogP contribution is 2.05. The lowest BCUT2D eigenvalue weighted by molar-refractivity contribution is 0.0383. The first-order valence-electron chi connectivity index (χ1n) is 9.17. The monoisotopic (exact) mass is 362 g/mol. The molecule has 1 fully saturated rings. The maximum absolute atomic E-state index is 12.2. The number of hydrogen-bond acceptors (Lipinski definition) is 5. The van der Waals surface area contributed by atoms with E-state index in [4.69, 9.17) is 4.74 Å². The van der Waals surface area contributed by atoms with Gasteiger partial charge < -0.3 is 20.3 Å². The van der Waals surface area contributed by atoms with E-state index in [1.165, 1.54) is 0 Å². The number of benzene rings is 1. The fraction of sp³-hybridized carbons (Fsp3) is 0.579. The average molecular weight is 362 g/mol. The Kier molecular flexibility index (Phi) is 8.53. The van der Waals surface area contributed by atoms with Gasteiger partial charge >= 0.3 is 0 Å². The molecule has 1 aromatic carbocycles. The second-order valence-electron chi connectivity index (χ2n) is 6.70. The number of carbonyl (C=O) groups is 2. The van der Waals surface area contributed by atoms with Crippen LogP contribution in [-0.2, 0) is 4.74 Å². The normalized spacial score (nSPS) is 15.0. The molecule has 0 spiro atoms. The highest BCUT2D eigenvalue weighted by atomic mass is 16.5. The van der Waals surface area contributed by atoms with E-state index in [0.29, 0.717) is 24.2 Å². The van der Waals surface area contributed by atoms with Gasteiger partial charge in [-0.1, -0.05) is 0 Å². The minimum Gasteiger partial charge on any atom is -0.379 e. The van der Waals surface area contributed by atoms with Crippen LogP contribution in [0.25, 0.3) is 0 Å². The third-order valence-electron chi connectivity index (χ3n) is 4.29. The zero-order chi connectivity index (χ0) is 18.8. The van der Waals surface area contributed by atoms with Crippen LogP contribution in [0.2, 0.25) is 0 Å². The summed E-state index contributed by atoms with van der Waals surface area (Å²) < 4.78 is 5.30. The van der Waals surface area contributed by atoms with E-state index in [2.05, 4.69) is 20.4 Å². The Morgan fingerprint density at radius 1 is 1.00 bits per heavy atom. The van der Waals surface area contributed by atoms with Crippen molar-refractivity contribution >= 4 is 11.8 Å². The molecule has 2 amide bonds. The Morgan fingerprint density at radius 2 is 1.54 bits per heavy atom. The topological polar surface area (TPSA) is 73.9 Å². The van der Waals surface area contributed by atoms with E-state index < -0.39 is 0 Å². The van der Waals surface area contributed by atoms with E-state index in [0.717, 1.165) is 45.8 Å². The van der Waals surface area contributed by atoms with E-state index >= 15 is 0 Å². The molecular weight excluding hydrogens is 332 g/mol. The summed E-state index contributed by atoms with van der Waals surface area (Å²) in [5, 5.41) is 5.81. The highest BCUT2D eigenvalue weighted by Gasteiger charge is 2.11. The van der Waals surface area contributed by atoms with Gasteiger partial charge in [0.1, 0.15) is 0 Å². The van der Waals surface area contributed by atoms with Crippen molar-refractivity contribution in [3.63, 3.8) is 0 Å². The Morgan fingerprint density at radius 3 is 2.08 bits per heavy atom. The van der Waals surface area contributed by atoms with Gasteiger partial charge in [-0.15, -0.1) is 0 Å². The number of rotatable bonds is 9. The molecule has 7 heteroatoms. The number of nitrogens with zero attached hydrogens (tertiary/aromatic N) is 2. The Balaban J connectivity index is 1.71. The van der Waals surface area contributed by atoms with Gasteiger partial charge in [0.05, 0.1) is 13.2 Å². The first-order valence-corrected chi connectivity index (χ1v) is 9.17. The summed E-state index contributed by atoms with van der Waals surface area (Å²) in [7, 11) is 4.01. The molecule has 1 aliphatic rings. The molecule has 1 heterocycles. The van der Waals surface area contributed by atoms with Gasteiger partial charge in [-0.25, -0.2) is 0 Å². The molecule has 2 N–H and O–H groups in total. The van der Waals surface area contributed by atoms with Gasteiger partial charge in [0.2, 0.25) is 0 Å². The van der Waals surface area contributed by atoms with Gasteiger partial charge in [0.25, 0.3) is 11.8 Å². The van der Waals surface area contributed by atoms with Gasteiger partial charge in [0.15, 0.2) is 0 Å². The molecule has 7 nitrogen and oxygen atoms in total. The maximum atomic E-state index is 12.2. The molecular formula is C19H30N4O3.